The average Bonchev–Trinajstić information content (AvgIpc) is 2.70. The molecule has 0 aromatic heterocycles. The first-order valence-electron chi connectivity index (χ1n) is 6.80. The molecule has 1 aromatic carbocycles. The summed E-state index contributed by atoms with van der Waals surface area (Å²) in [6, 6.07) is 8.32. The van der Waals surface area contributed by atoms with E-state index in [-0.39, 0.29) is 5.41 Å². The molecule has 2 heteroatoms. The number of carbonyl (C=O) groups excluding carboxylic acids is 1. The number of ketones is 1. The molecule has 1 aromatic rings. The topological polar surface area (TPSA) is 29.1 Å². The lowest BCUT2D eigenvalue weighted by Gasteiger charge is -2.17. The van der Waals surface area contributed by atoms with Gasteiger partial charge in [0.2, 0.25) is 0 Å². The number of benzene rings is 1. The van der Waals surface area contributed by atoms with Crippen LogP contribution in [0.1, 0.15) is 51.5 Å². The maximum atomic E-state index is 12.0. The van der Waals surface area contributed by atoms with Gasteiger partial charge >= 0.3 is 0 Å². The second kappa shape index (κ2) is 5.13. The number of nitrogens with one attached hydrogen (secondary N) is 1. The van der Waals surface area contributed by atoms with Gasteiger partial charge < -0.3 is 5.32 Å². The number of para-hydroxylation sites is 1. The molecule has 1 N–H and O–H groups in total. The summed E-state index contributed by atoms with van der Waals surface area (Å²) in [6.07, 6.45) is 2.37. The van der Waals surface area contributed by atoms with E-state index in [2.05, 4.69) is 44.3 Å². The number of carbonyl (C=O) groups is 1. The fraction of sp³-hybridized carbons (Fsp3) is 0.562. The zero-order valence-electron chi connectivity index (χ0n) is 11.6. The Bertz CT molecular complexity index is 431. The molecule has 0 saturated heterocycles. The third kappa shape index (κ3) is 3.34. The molecule has 1 aliphatic rings. The highest BCUT2D eigenvalue weighted by atomic mass is 16.1. The van der Waals surface area contributed by atoms with E-state index in [0.717, 1.165) is 13.0 Å². The van der Waals surface area contributed by atoms with Crippen LogP contribution in [0.15, 0.2) is 24.3 Å². The van der Waals surface area contributed by atoms with E-state index in [9.17, 15) is 4.79 Å². The van der Waals surface area contributed by atoms with Gasteiger partial charge in [0.25, 0.3) is 0 Å². The van der Waals surface area contributed by atoms with Gasteiger partial charge in [-0.2, -0.15) is 0 Å². The van der Waals surface area contributed by atoms with E-state index in [1.807, 2.05) is 6.07 Å². The number of anilines is 1. The van der Waals surface area contributed by atoms with Gasteiger partial charge in [0.1, 0.15) is 5.78 Å². The van der Waals surface area contributed by atoms with Crippen LogP contribution in [-0.2, 0) is 4.79 Å². The van der Waals surface area contributed by atoms with Crippen molar-refractivity contribution in [2.24, 2.45) is 5.41 Å². The first-order valence-corrected chi connectivity index (χ1v) is 6.80. The largest absolute Gasteiger partial charge is 0.384 e. The van der Waals surface area contributed by atoms with Crippen molar-refractivity contribution < 1.29 is 4.79 Å². The molecular weight excluding hydrogens is 222 g/mol. The molecule has 2 nitrogen and oxygen atoms in total. The molecule has 1 atom stereocenters. The van der Waals surface area contributed by atoms with Gasteiger partial charge in [0.05, 0.1) is 0 Å². The number of rotatable bonds is 4. The predicted molar refractivity (Wildman–Crippen MR) is 76.0 cm³/mol. The van der Waals surface area contributed by atoms with Crippen LogP contribution in [0, 0.1) is 5.41 Å². The first kappa shape index (κ1) is 13.1. The summed E-state index contributed by atoms with van der Waals surface area (Å²) >= 11 is 0. The number of hydrogen-bond acceptors (Lipinski definition) is 2. The van der Waals surface area contributed by atoms with Crippen molar-refractivity contribution in [3.63, 3.8) is 0 Å². The summed E-state index contributed by atoms with van der Waals surface area (Å²) in [7, 11) is 0. The van der Waals surface area contributed by atoms with Crippen molar-refractivity contribution in [3.05, 3.63) is 29.8 Å². The van der Waals surface area contributed by atoms with E-state index in [4.69, 9.17) is 0 Å². The number of Topliss-reactive ketones (excluding diaryl/α,β-unsaturated/α-hetero) is 1. The van der Waals surface area contributed by atoms with Gasteiger partial charge in [-0.25, -0.2) is 0 Å². The summed E-state index contributed by atoms with van der Waals surface area (Å²) < 4.78 is 0. The Morgan fingerprint density at radius 1 is 1.33 bits per heavy atom. The molecule has 0 bridgehead atoms. The van der Waals surface area contributed by atoms with Gasteiger partial charge in [-0.3, -0.25) is 4.79 Å². The van der Waals surface area contributed by atoms with Crippen LogP contribution >= 0.6 is 0 Å². The monoisotopic (exact) mass is 245 g/mol. The predicted octanol–water partition coefficient (Wildman–Crippen LogP) is 3.98. The molecule has 0 aliphatic carbocycles. The van der Waals surface area contributed by atoms with Crippen molar-refractivity contribution in [1.29, 1.82) is 0 Å². The molecule has 1 unspecified atom stereocenters. The van der Waals surface area contributed by atoms with Gasteiger partial charge in [0, 0.05) is 31.0 Å². The van der Waals surface area contributed by atoms with Crippen molar-refractivity contribution >= 4 is 11.5 Å². The minimum absolute atomic E-state index is 0.251. The molecule has 0 radical (unpaired) electrons. The van der Waals surface area contributed by atoms with Gasteiger partial charge in [-0.05, 0) is 23.5 Å². The number of hydrogen-bond donors (Lipinski definition) is 1. The fourth-order valence-corrected chi connectivity index (χ4v) is 2.43. The van der Waals surface area contributed by atoms with E-state index in [1.54, 1.807) is 0 Å². The van der Waals surface area contributed by atoms with Crippen LogP contribution in [0.4, 0.5) is 5.69 Å². The Balaban J connectivity index is 1.90. The number of fused-ring (bicyclic) bond motifs is 1. The lowest BCUT2D eigenvalue weighted by molar-refractivity contribution is -0.119. The van der Waals surface area contributed by atoms with Crippen LogP contribution in [0.3, 0.4) is 0 Å². The van der Waals surface area contributed by atoms with Crippen molar-refractivity contribution in [3.8, 4) is 0 Å². The smallest absolute Gasteiger partial charge is 0.133 e. The molecule has 1 heterocycles. The third-order valence-corrected chi connectivity index (χ3v) is 3.57. The maximum Gasteiger partial charge on any atom is 0.133 e. The highest BCUT2D eigenvalue weighted by Gasteiger charge is 2.24. The van der Waals surface area contributed by atoms with Crippen molar-refractivity contribution in [2.45, 2.75) is 46.0 Å². The molecule has 0 amide bonds. The zero-order chi connectivity index (χ0) is 13.2. The fourth-order valence-electron chi connectivity index (χ4n) is 2.43. The second-order valence-corrected chi connectivity index (χ2v) is 6.47. The Morgan fingerprint density at radius 3 is 2.78 bits per heavy atom. The molecule has 98 valence electrons. The van der Waals surface area contributed by atoms with Gasteiger partial charge in [-0.1, -0.05) is 39.0 Å². The standard InChI is InChI=1S/C16H23NO/c1-16(2,3)9-8-13(18)10-12-11-17-15-7-5-4-6-14(12)15/h4-7,12,17H,8-11H2,1-3H3. The highest BCUT2D eigenvalue weighted by Crippen LogP contribution is 2.34. The van der Waals surface area contributed by atoms with Crippen LogP contribution < -0.4 is 5.32 Å². The average molecular weight is 245 g/mol. The molecule has 18 heavy (non-hydrogen) atoms. The normalized spacial score (nSPS) is 18.3. The van der Waals surface area contributed by atoms with Crippen LogP contribution in [0.2, 0.25) is 0 Å². The molecule has 1 aliphatic heterocycles. The minimum Gasteiger partial charge on any atom is -0.384 e. The lowest BCUT2D eigenvalue weighted by Crippen LogP contribution is -2.12. The second-order valence-electron chi connectivity index (χ2n) is 6.47. The Kier molecular flexibility index (Phi) is 3.74. The zero-order valence-corrected chi connectivity index (χ0v) is 11.6. The van der Waals surface area contributed by atoms with Crippen molar-refractivity contribution in [1.82, 2.24) is 0 Å². The summed E-state index contributed by atoms with van der Waals surface area (Å²) in [5.74, 6) is 0.766. The highest BCUT2D eigenvalue weighted by molar-refractivity contribution is 5.80. The lowest BCUT2D eigenvalue weighted by atomic mass is 9.87. The minimum atomic E-state index is 0.251. The summed E-state index contributed by atoms with van der Waals surface area (Å²) in [5.41, 5.74) is 2.76. The molecule has 0 saturated carbocycles. The van der Waals surface area contributed by atoms with Crippen LogP contribution in [0.25, 0.3) is 0 Å². The summed E-state index contributed by atoms with van der Waals surface area (Å²) in [6.45, 7) is 7.47. The molecule has 0 fully saturated rings. The Morgan fingerprint density at radius 2 is 2.06 bits per heavy atom. The van der Waals surface area contributed by atoms with Gasteiger partial charge in [0.15, 0.2) is 0 Å². The van der Waals surface area contributed by atoms with E-state index in [0.29, 0.717) is 24.5 Å². The van der Waals surface area contributed by atoms with Crippen LogP contribution in [0.5, 0.6) is 0 Å². The molecule has 2 rings (SSSR count). The third-order valence-electron chi connectivity index (χ3n) is 3.57. The van der Waals surface area contributed by atoms with E-state index < -0.39 is 0 Å². The molecular formula is C16H23NO. The maximum absolute atomic E-state index is 12.0. The quantitative estimate of drug-likeness (QED) is 0.869. The Labute approximate surface area is 110 Å². The van der Waals surface area contributed by atoms with E-state index in [1.165, 1.54) is 11.3 Å². The summed E-state index contributed by atoms with van der Waals surface area (Å²) in [4.78, 5) is 12.0. The summed E-state index contributed by atoms with van der Waals surface area (Å²) in [5, 5.41) is 3.38. The molecule has 0 spiro atoms. The van der Waals surface area contributed by atoms with Gasteiger partial charge in [-0.15, -0.1) is 0 Å². The SMILES string of the molecule is CC(C)(C)CCC(=O)CC1CNc2ccccc21. The van der Waals surface area contributed by atoms with Crippen molar-refractivity contribution in [2.75, 3.05) is 11.9 Å². The van der Waals surface area contributed by atoms with E-state index >= 15 is 0 Å². The first-order chi connectivity index (χ1) is 8.46. The van der Waals surface area contributed by atoms with Crippen LogP contribution in [-0.4, -0.2) is 12.3 Å². The Hall–Kier alpha value is -1.31.